The van der Waals surface area contributed by atoms with Gasteiger partial charge in [0.25, 0.3) is 5.91 Å². The van der Waals surface area contributed by atoms with Crippen molar-refractivity contribution in [2.24, 2.45) is 0 Å². The summed E-state index contributed by atoms with van der Waals surface area (Å²) >= 11 is 0. The van der Waals surface area contributed by atoms with E-state index in [4.69, 9.17) is 0 Å². The van der Waals surface area contributed by atoms with Crippen LogP contribution >= 0.6 is 0 Å². The van der Waals surface area contributed by atoms with E-state index in [9.17, 15) is 4.79 Å². The average Bonchev–Trinajstić information content (AvgIpc) is 2.53. The van der Waals surface area contributed by atoms with Crippen molar-refractivity contribution < 1.29 is 4.79 Å². The third-order valence-electron chi connectivity index (χ3n) is 3.35. The molecule has 0 radical (unpaired) electrons. The fraction of sp³-hybridized carbons (Fsp3) is 0.235. The first kappa shape index (κ1) is 14.1. The van der Waals surface area contributed by atoms with Gasteiger partial charge in [0.15, 0.2) is 0 Å². The minimum Gasteiger partial charge on any atom is -0.388 e. The molecule has 1 atom stereocenters. The average molecular weight is 268 g/mol. The Morgan fingerprint density at radius 3 is 2.25 bits per heavy atom. The number of hydrogen-bond donors (Lipinski definition) is 2. The highest BCUT2D eigenvalue weighted by Gasteiger charge is 2.13. The highest BCUT2D eigenvalue weighted by Crippen LogP contribution is 2.17. The van der Waals surface area contributed by atoms with E-state index in [0.717, 1.165) is 17.7 Å². The molecule has 3 nitrogen and oxygen atoms in total. The molecule has 0 bridgehead atoms. The predicted octanol–water partition coefficient (Wildman–Crippen LogP) is 3.61. The molecule has 0 aliphatic heterocycles. The van der Waals surface area contributed by atoms with Gasteiger partial charge in [-0.05, 0) is 36.2 Å². The van der Waals surface area contributed by atoms with Crippen LogP contribution in [0.5, 0.6) is 0 Å². The Morgan fingerprint density at radius 1 is 1.05 bits per heavy atom. The number of amides is 1. The Morgan fingerprint density at radius 2 is 1.70 bits per heavy atom. The normalized spacial score (nSPS) is 11.7. The predicted molar refractivity (Wildman–Crippen MR) is 82.9 cm³/mol. The number of anilines is 1. The second-order valence-corrected chi connectivity index (χ2v) is 4.67. The summed E-state index contributed by atoms with van der Waals surface area (Å²) in [6.45, 7) is 2.07. The summed E-state index contributed by atoms with van der Waals surface area (Å²) in [4.78, 5) is 12.3. The third-order valence-corrected chi connectivity index (χ3v) is 3.35. The maximum atomic E-state index is 12.3. The van der Waals surface area contributed by atoms with E-state index < -0.39 is 0 Å². The van der Waals surface area contributed by atoms with Crippen LogP contribution in [0.2, 0.25) is 0 Å². The molecule has 1 unspecified atom stereocenters. The lowest BCUT2D eigenvalue weighted by molar-refractivity contribution is 0.0935. The van der Waals surface area contributed by atoms with Crippen LogP contribution in [0.1, 0.15) is 35.3 Å². The Kier molecular flexibility index (Phi) is 4.77. The number of rotatable bonds is 5. The second kappa shape index (κ2) is 6.75. The van der Waals surface area contributed by atoms with E-state index in [2.05, 4.69) is 17.6 Å². The van der Waals surface area contributed by atoms with Gasteiger partial charge in [-0.15, -0.1) is 0 Å². The molecule has 0 aromatic heterocycles. The molecule has 0 spiro atoms. The zero-order chi connectivity index (χ0) is 14.4. The van der Waals surface area contributed by atoms with Crippen molar-refractivity contribution in [3.63, 3.8) is 0 Å². The molecular weight excluding hydrogens is 248 g/mol. The molecule has 0 saturated carbocycles. The van der Waals surface area contributed by atoms with E-state index in [1.54, 1.807) is 0 Å². The molecule has 0 heterocycles. The summed E-state index contributed by atoms with van der Waals surface area (Å²) < 4.78 is 0. The van der Waals surface area contributed by atoms with E-state index in [1.807, 2.05) is 61.6 Å². The van der Waals surface area contributed by atoms with Gasteiger partial charge in [-0.3, -0.25) is 4.79 Å². The van der Waals surface area contributed by atoms with Crippen molar-refractivity contribution in [3.05, 3.63) is 65.7 Å². The summed E-state index contributed by atoms with van der Waals surface area (Å²) in [5, 5.41) is 6.12. The highest BCUT2D eigenvalue weighted by molar-refractivity contribution is 5.94. The minimum atomic E-state index is -0.0386. The first-order valence-corrected chi connectivity index (χ1v) is 6.88. The molecular formula is C17H20N2O. The lowest BCUT2D eigenvalue weighted by Crippen LogP contribution is -2.28. The Hall–Kier alpha value is -2.29. The highest BCUT2D eigenvalue weighted by atomic mass is 16.1. The summed E-state index contributed by atoms with van der Waals surface area (Å²) in [6, 6.07) is 17.6. The number of nitrogens with one attached hydrogen (secondary N) is 2. The number of benzene rings is 2. The quantitative estimate of drug-likeness (QED) is 0.869. The van der Waals surface area contributed by atoms with Crippen LogP contribution < -0.4 is 10.6 Å². The minimum absolute atomic E-state index is 0.0386. The van der Waals surface area contributed by atoms with E-state index >= 15 is 0 Å². The van der Waals surface area contributed by atoms with Crippen molar-refractivity contribution in [3.8, 4) is 0 Å². The van der Waals surface area contributed by atoms with Crippen LogP contribution in [0.15, 0.2) is 54.6 Å². The van der Waals surface area contributed by atoms with Gasteiger partial charge in [0.05, 0.1) is 6.04 Å². The van der Waals surface area contributed by atoms with Crippen LogP contribution in [-0.4, -0.2) is 13.0 Å². The maximum absolute atomic E-state index is 12.3. The molecule has 0 saturated heterocycles. The van der Waals surface area contributed by atoms with Crippen LogP contribution in [0, 0.1) is 0 Å². The van der Waals surface area contributed by atoms with Gasteiger partial charge in [0.1, 0.15) is 0 Å². The second-order valence-electron chi connectivity index (χ2n) is 4.67. The van der Waals surface area contributed by atoms with Crippen molar-refractivity contribution in [1.82, 2.24) is 5.32 Å². The summed E-state index contributed by atoms with van der Waals surface area (Å²) in [5.41, 5.74) is 2.81. The van der Waals surface area contributed by atoms with Gasteiger partial charge in [-0.25, -0.2) is 0 Å². The van der Waals surface area contributed by atoms with Crippen molar-refractivity contribution >= 4 is 11.6 Å². The number of carbonyl (C=O) groups is 1. The molecule has 3 heteroatoms. The molecule has 1 amide bonds. The van der Waals surface area contributed by atoms with Crippen LogP contribution in [0.25, 0.3) is 0 Å². The lowest BCUT2D eigenvalue weighted by Gasteiger charge is -2.17. The van der Waals surface area contributed by atoms with Crippen molar-refractivity contribution in [2.75, 3.05) is 12.4 Å². The maximum Gasteiger partial charge on any atom is 0.251 e. The molecule has 2 N–H and O–H groups in total. The first-order valence-electron chi connectivity index (χ1n) is 6.88. The van der Waals surface area contributed by atoms with Gasteiger partial charge in [-0.2, -0.15) is 0 Å². The topological polar surface area (TPSA) is 41.1 Å². The van der Waals surface area contributed by atoms with Gasteiger partial charge < -0.3 is 10.6 Å². The molecule has 0 fully saturated rings. The SMILES string of the molecule is CCC(NC(=O)c1ccc(NC)cc1)c1ccccc1. The van der Waals surface area contributed by atoms with Crippen LogP contribution in [0.3, 0.4) is 0 Å². The van der Waals surface area contributed by atoms with E-state index in [1.165, 1.54) is 0 Å². The smallest absolute Gasteiger partial charge is 0.251 e. The Bertz CT molecular complexity index is 549. The lowest BCUT2D eigenvalue weighted by atomic mass is 10.0. The molecule has 2 aromatic carbocycles. The summed E-state index contributed by atoms with van der Waals surface area (Å²) in [5.74, 6) is -0.0386. The standard InChI is InChI=1S/C17H20N2O/c1-3-16(13-7-5-4-6-8-13)19-17(20)14-9-11-15(18-2)12-10-14/h4-12,16,18H,3H2,1-2H3,(H,19,20). The third kappa shape index (κ3) is 3.38. The summed E-state index contributed by atoms with van der Waals surface area (Å²) in [7, 11) is 1.86. The van der Waals surface area contributed by atoms with Gasteiger partial charge in [0.2, 0.25) is 0 Å². The zero-order valence-corrected chi connectivity index (χ0v) is 11.9. The van der Waals surface area contributed by atoms with Gasteiger partial charge in [-0.1, -0.05) is 37.3 Å². The number of carbonyl (C=O) groups excluding carboxylic acids is 1. The molecule has 2 rings (SSSR count). The van der Waals surface area contributed by atoms with Crippen LogP contribution in [0.4, 0.5) is 5.69 Å². The molecule has 20 heavy (non-hydrogen) atoms. The van der Waals surface area contributed by atoms with Gasteiger partial charge >= 0.3 is 0 Å². The Labute approximate surface area is 120 Å². The largest absolute Gasteiger partial charge is 0.388 e. The zero-order valence-electron chi connectivity index (χ0n) is 11.9. The molecule has 0 aliphatic rings. The number of hydrogen-bond acceptors (Lipinski definition) is 2. The first-order chi connectivity index (χ1) is 9.74. The Balaban J connectivity index is 2.09. The molecule has 104 valence electrons. The van der Waals surface area contributed by atoms with Crippen molar-refractivity contribution in [1.29, 1.82) is 0 Å². The van der Waals surface area contributed by atoms with Gasteiger partial charge in [0, 0.05) is 18.3 Å². The van der Waals surface area contributed by atoms with Crippen molar-refractivity contribution in [2.45, 2.75) is 19.4 Å². The fourth-order valence-electron chi connectivity index (χ4n) is 2.14. The van der Waals surface area contributed by atoms with E-state index in [0.29, 0.717) is 5.56 Å². The fourth-order valence-corrected chi connectivity index (χ4v) is 2.14. The summed E-state index contributed by atoms with van der Waals surface area (Å²) in [6.07, 6.45) is 0.865. The molecule has 2 aromatic rings. The van der Waals surface area contributed by atoms with E-state index in [-0.39, 0.29) is 11.9 Å². The monoisotopic (exact) mass is 268 g/mol. The molecule has 0 aliphatic carbocycles. The van der Waals surface area contributed by atoms with Crippen LogP contribution in [-0.2, 0) is 0 Å².